The molecule has 3 aromatic rings. The molecule has 118 valence electrons. The molecule has 6 heteroatoms. The summed E-state index contributed by atoms with van der Waals surface area (Å²) in [7, 11) is 0. The third-order valence-electron chi connectivity index (χ3n) is 3.81. The van der Waals surface area contributed by atoms with Gasteiger partial charge in [-0.05, 0) is 18.2 Å². The van der Waals surface area contributed by atoms with Crippen LogP contribution in [0.15, 0.2) is 58.5 Å². The van der Waals surface area contributed by atoms with Crippen molar-refractivity contribution in [2.75, 3.05) is 11.9 Å². The van der Waals surface area contributed by atoms with Crippen LogP contribution < -0.4 is 5.32 Å². The van der Waals surface area contributed by atoms with Gasteiger partial charge in [0.1, 0.15) is 11.3 Å². The van der Waals surface area contributed by atoms with Crippen molar-refractivity contribution >= 4 is 28.7 Å². The Balaban J connectivity index is 1.57. The first-order valence-electron chi connectivity index (χ1n) is 7.30. The summed E-state index contributed by atoms with van der Waals surface area (Å²) in [5, 5.41) is 2.86. The molecule has 0 radical (unpaired) electrons. The van der Waals surface area contributed by atoms with E-state index in [-0.39, 0.29) is 24.1 Å². The Kier molecular flexibility index (Phi) is 3.23. The van der Waals surface area contributed by atoms with Crippen LogP contribution in [0, 0.1) is 5.82 Å². The second kappa shape index (κ2) is 5.42. The van der Waals surface area contributed by atoms with Gasteiger partial charge in [-0.3, -0.25) is 9.59 Å². The minimum atomic E-state index is -0.408. The average molecular weight is 322 g/mol. The van der Waals surface area contributed by atoms with Crippen LogP contribution >= 0.6 is 0 Å². The van der Waals surface area contributed by atoms with E-state index in [1.54, 1.807) is 24.3 Å². The average Bonchev–Trinajstić information content (AvgIpc) is 2.99. The van der Waals surface area contributed by atoms with Crippen molar-refractivity contribution in [1.82, 2.24) is 4.98 Å². The summed E-state index contributed by atoms with van der Waals surface area (Å²) in [5.74, 6) is -0.823. The Morgan fingerprint density at radius 1 is 1.08 bits per heavy atom. The number of hydrogen-bond acceptors (Lipinski definition) is 5. The van der Waals surface area contributed by atoms with Gasteiger partial charge in [-0.2, -0.15) is 4.98 Å². The molecular weight excluding hydrogens is 311 g/mol. The lowest BCUT2D eigenvalue weighted by molar-refractivity contribution is 0.0984. The number of benzene rings is 2. The number of anilines is 1. The fourth-order valence-electron chi connectivity index (χ4n) is 2.65. The van der Waals surface area contributed by atoms with E-state index in [1.807, 2.05) is 0 Å². The van der Waals surface area contributed by atoms with Gasteiger partial charge in [0.05, 0.1) is 0 Å². The molecular formula is C18H11FN2O3. The molecule has 1 aromatic heterocycles. The Hall–Kier alpha value is -3.28. The van der Waals surface area contributed by atoms with Crippen molar-refractivity contribution in [3.63, 3.8) is 0 Å². The first-order valence-corrected chi connectivity index (χ1v) is 7.30. The molecule has 0 aliphatic heterocycles. The molecule has 5 nitrogen and oxygen atoms in total. The maximum atomic E-state index is 13.2. The van der Waals surface area contributed by atoms with Gasteiger partial charge < -0.3 is 9.73 Å². The van der Waals surface area contributed by atoms with Gasteiger partial charge in [-0.25, -0.2) is 4.39 Å². The standard InChI is InChI=1S/C18H11FN2O3/c19-11-5-6-16-14(8-11)21-18(24-16)20-9-10-7-15(22)12-3-1-2-4-13(12)17(10)23/h1-8H,9H2,(H,20,21). The van der Waals surface area contributed by atoms with Crippen molar-refractivity contribution in [1.29, 1.82) is 0 Å². The second-order valence-corrected chi connectivity index (χ2v) is 5.39. The monoisotopic (exact) mass is 322 g/mol. The normalized spacial score (nSPS) is 13.8. The summed E-state index contributed by atoms with van der Waals surface area (Å²) in [6.45, 7) is 0.0915. The van der Waals surface area contributed by atoms with Crippen molar-refractivity contribution in [2.24, 2.45) is 0 Å². The fraction of sp³-hybridized carbons (Fsp3) is 0.0556. The molecule has 0 fully saturated rings. The quantitative estimate of drug-likeness (QED) is 0.800. The molecule has 0 spiro atoms. The van der Waals surface area contributed by atoms with Gasteiger partial charge in [0, 0.05) is 29.3 Å². The number of ketones is 2. The summed E-state index contributed by atoms with van der Waals surface area (Å²) < 4.78 is 18.6. The number of nitrogens with one attached hydrogen (secondary N) is 1. The molecule has 1 aliphatic carbocycles. The maximum Gasteiger partial charge on any atom is 0.295 e. The highest BCUT2D eigenvalue weighted by molar-refractivity contribution is 6.24. The van der Waals surface area contributed by atoms with Crippen molar-refractivity contribution in [2.45, 2.75) is 0 Å². The number of carbonyl (C=O) groups excluding carboxylic acids is 2. The Bertz CT molecular complexity index is 1020. The minimum absolute atomic E-state index is 0.0915. The van der Waals surface area contributed by atoms with Crippen molar-refractivity contribution in [3.05, 3.63) is 71.1 Å². The molecule has 4 rings (SSSR count). The minimum Gasteiger partial charge on any atom is -0.424 e. The molecule has 0 saturated carbocycles. The Labute approximate surface area is 135 Å². The van der Waals surface area contributed by atoms with Crippen LogP contribution in [-0.4, -0.2) is 23.1 Å². The lowest BCUT2D eigenvalue weighted by Crippen LogP contribution is -2.21. The maximum absolute atomic E-state index is 13.2. The van der Waals surface area contributed by atoms with Crippen LogP contribution in [-0.2, 0) is 0 Å². The van der Waals surface area contributed by atoms with E-state index in [1.165, 1.54) is 24.3 Å². The summed E-state index contributed by atoms with van der Waals surface area (Å²) >= 11 is 0. The number of aromatic nitrogens is 1. The molecule has 24 heavy (non-hydrogen) atoms. The number of fused-ring (bicyclic) bond motifs is 2. The van der Waals surface area contributed by atoms with Crippen LogP contribution in [0.5, 0.6) is 0 Å². The van der Waals surface area contributed by atoms with E-state index in [9.17, 15) is 14.0 Å². The third-order valence-corrected chi connectivity index (χ3v) is 3.81. The van der Waals surface area contributed by atoms with Gasteiger partial charge in [0.2, 0.25) is 0 Å². The first-order chi connectivity index (χ1) is 11.6. The smallest absolute Gasteiger partial charge is 0.295 e. The predicted octanol–water partition coefficient (Wildman–Crippen LogP) is 3.38. The number of oxazole rings is 1. The van der Waals surface area contributed by atoms with Gasteiger partial charge in [0.15, 0.2) is 17.1 Å². The molecule has 0 saturated heterocycles. The lowest BCUT2D eigenvalue weighted by atomic mass is 9.89. The van der Waals surface area contributed by atoms with Gasteiger partial charge in [-0.15, -0.1) is 0 Å². The van der Waals surface area contributed by atoms with Gasteiger partial charge in [-0.1, -0.05) is 24.3 Å². The number of Topliss-reactive ketones (excluding diaryl/α,β-unsaturated/α-hetero) is 1. The van der Waals surface area contributed by atoms with Crippen LogP contribution in [0.2, 0.25) is 0 Å². The van der Waals surface area contributed by atoms with Crippen LogP contribution in [0.4, 0.5) is 10.4 Å². The number of carbonyl (C=O) groups is 2. The van der Waals surface area contributed by atoms with Crippen LogP contribution in [0.3, 0.4) is 0 Å². The lowest BCUT2D eigenvalue weighted by Gasteiger charge is -2.14. The van der Waals surface area contributed by atoms with E-state index < -0.39 is 5.82 Å². The number of rotatable bonds is 3. The molecule has 1 heterocycles. The molecule has 1 aliphatic rings. The van der Waals surface area contributed by atoms with E-state index in [2.05, 4.69) is 10.3 Å². The highest BCUT2D eigenvalue weighted by Gasteiger charge is 2.25. The molecule has 0 unspecified atom stereocenters. The highest BCUT2D eigenvalue weighted by Crippen LogP contribution is 2.23. The van der Waals surface area contributed by atoms with Gasteiger partial charge >= 0.3 is 0 Å². The van der Waals surface area contributed by atoms with Crippen LogP contribution in [0.1, 0.15) is 20.7 Å². The summed E-state index contributed by atoms with van der Waals surface area (Å²) in [5.41, 5.74) is 1.93. The Morgan fingerprint density at radius 3 is 2.71 bits per heavy atom. The first kappa shape index (κ1) is 14.3. The summed E-state index contributed by atoms with van der Waals surface area (Å²) in [4.78, 5) is 28.6. The number of allylic oxidation sites excluding steroid dienone is 1. The molecule has 0 atom stereocenters. The largest absolute Gasteiger partial charge is 0.424 e. The molecule has 0 bridgehead atoms. The van der Waals surface area contributed by atoms with E-state index in [0.29, 0.717) is 27.8 Å². The van der Waals surface area contributed by atoms with Crippen LogP contribution in [0.25, 0.3) is 11.1 Å². The molecule has 1 N–H and O–H groups in total. The van der Waals surface area contributed by atoms with Gasteiger partial charge in [0.25, 0.3) is 6.01 Å². The zero-order valence-corrected chi connectivity index (χ0v) is 12.4. The predicted molar refractivity (Wildman–Crippen MR) is 85.6 cm³/mol. The summed E-state index contributed by atoms with van der Waals surface area (Å²) in [6.07, 6.45) is 1.32. The van der Waals surface area contributed by atoms with Crippen molar-refractivity contribution < 1.29 is 18.4 Å². The molecule has 0 amide bonds. The summed E-state index contributed by atoms with van der Waals surface area (Å²) in [6, 6.07) is 10.9. The Morgan fingerprint density at radius 2 is 1.88 bits per heavy atom. The number of halogens is 1. The highest BCUT2D eigenvalue weighted by atomic mass is 19.1. The third kappa shape index (κ3) is 2.38. The zero-order chi connectivity index (χ0) is 16.7. The van der Waals surface area contributed by atoms with E-state index in [4.69, 9.17) is 4.42 Å². The number of hydrogen-bond donors (Lipinski definition) is 1. The topological polar surface area (TPSA) is 72.2 Å². The van der Waals surface area contributed by atoms with Crippen molar-refractivity contribution in [3.8, 4) is 0 Å². The van der Waals surface area contributed by atoms with E-state index in [0.717, 1.165) is 0 Å². The second-order valence-electron chi connectivity index (χ2n) is 5.39. The number of nitrogens with zero attached hydrogens (tertiary/aromatic N) is 1. The van der Waals surface area contributed by atoms with E-state index >= 15 is 0 Å². The SMILES string of the molecule is O=C1C=C(CNc2nc3cc(F)ccc3o2)C(=O)c2ccccc21. The zero-order valence-electron chi connectivity index (χ0n) is 12.4. The molecule has 2 aromatic carbocycles. The fourth-order valence-corrected chi connectivity index (χ4v) is 2.65.